The van der Waals surface area contributed by atoms with Crippen molar-refractivity contribution >= 4 is 22.8 Å². The lowest BCUT2D eigenvalue weighted by molar-refractivity contribution is -0.143. The van der Waals surface area contributed by atoms with Gasteiger partial charge in [0.15, 0.2) is 0 Å². The van der Waals surface area contributed by atoms with Crippen molar-refractivity contribution in [3.8, 4) is 0 Å². The van der Waals surface area contributed by atoms with E-state index in [9.17, 15) is 9.59 Å². The number of benzene rings is 2. The van der Waals surface area contributed by atoms with Gasteiger partial charge in [-0.05, 0) is 42.2 Å². The summed E-state index contributed by atoms with van der Waals surface area (Å²) in [5, 5.41) is 14.4. The largest absolute Gasteiger partial charge is 0.481 e. The molecule has 2 amide bonds. The van der Waals surface area contributed by atoms with Crippen molar-refractivity contribution in [1.29, 1.82) is 0 Å². The normalized spacial score (nSPS) is 16.8. The smallest absolute Gasteiger partial charge is 0.317 e. The predicted molar refractivity (Wildman–Crippen MR) is 92.8 cm³/mol. The van der Waals surface area contributed by atoms with Crippen molar-refractivity contribution in [2.75, 3.05) is 13.1 Å². The zero-order chi connectivity index (χ0) is 17.1. The zero-order valence-electron chi connectivity index (χ0n) is 13.7. The van der Waals surface area contributed by atoms with Crippen molar-refractivity contribution in [2.24, 2.45) is 5.92 Å². The van der Waals surface area contributed by atoms with E-state index in [0.717, 1.165) is 10.9 Å². The number of amides is 2. The van der Waals surface area contributed by atoms with E-state index in [1.807, 2.05) is 25.1 Å². The standard InChI is InChI=1S/C19H22N2O3/c1-13(16-7-6-14-4-2-3-5-17(14)12-16)20-19(24)21-10-8-15(9-11-21)18(22)23/h2-7,12-13,15H,8-11H2,1H3,(H,20,24)(H,22,23). The number of fused-ring (bicyclic) bond motifs is 1. The molecule has 2 aromatic rings. The number of nitrogens with one attached hydrogen (secondary N) is 1. The molecule has 3 rings (SSSR count). The Morgan fingerprint density at radius 3 is 2.46 bits per heavy atom. The highest BCUT2D eigenvalue weighted by molar-refractivity contribution is 5.83. The van der Waals surface area contributed by atoms with Crippen LogP contribution in [0.2, 0.25) is 0 Å². The number of carboxylic acids is 1. The molecule has 0 bridgehead atoms. The Labute approximate surface area is 141 Å². The number of hydrogen-bond donors (Lipinski definition) is 2. The fraction of sp³-hybridized carbons (Fsp3) is 0.368. The molecule has 5 nitrogen and oxygen atoms in total. The van der Waals surface area contributed by atoms with Crippen molar-refractivity contribution in [2.45, 2.75) is 25.8 Å². The van der Waals surface area contributed by atoms with E-state index in [0.29, 0.717) is 25.9 Å². The van der Waals surface area contributed by atoms with E-state index < -0.39 is 5.97 Å². The SMILES string of the molecule is CC(NC(=O)N1CCC(C(=O)O)CC1)c1ccc2ccccc2c1. The lowest BCUT2D eigenvalue weighted by Crippen LogP contribution is -2.46. The first-order valence-electron chi connectivity index (χ1n) is 8.31. The Balaban J connectivity index is 1.62. The predicted octanol–water partition coefficient (Wildman–Crippen LogP) is 3.41. The molecule has 2 N–H and O–H groups in total. The van der Waals surface area contributed by atoms with E-state index in [-0.39, 0.29) is 18.0 Å². The molecule has 5 heteroatoms. The Hall–Kier alpha value is -2.56. The summed E-state index contributed by atoms with van der Waals surface area (Å²) in [5.41, 5.74) is 1.06. The summed E-state index contributed by atoms with van der Waals surface area (Å²) in [6.07, 6.45) is 1.04. The third-order valence-corrected chi connectivity index (χ3v) is 4.74. The number of carbonyl (C=O) groups excluding carboxylic acids is 1. The zero-order valence-corrected chi connectivity index (χ0v) is 13.7. The van der Waals surface area contributed by atoms with Gasteiger partial charge < -0.3 is 15.3 Å². The highest BCUT2D eigenvalue weighted by atomic mass is 16.4. The molecular formula is C19H22N2O3. The van der Waals surface area contributed by atoms with Crippen LogP contribution in [0.1, 0.15) is 31.4 Å². The second-order valence-electron chi connectivity index (χ2n) is 6.38. The molecule has 0 aromatic heterocycles. The molecule has 1 aliphatic rings. The molecule has 2 aromatic carbocycles. The van der Waals surface area contributed by atoms with Gasteiger partial charge in [-0.1, -0.05) is 36.4 Å². The van der Waals surface area contributed by atoms with Crippen molar-refractivity contribution < 1.29 is 14.7 Å². The van der Waals surface area contributed by atoms with Crippen LogP contribution in [0, 0.1) is 5.92 Å². The molecular weight excluding hydrogens is 304 g/mol. The highest BCUT2D eigenvalue weighted by Crippen LogP contribution is 2.21. The number of urea groups is 1. The summed E-state index contributed by atoms with van der Waals surface area (Å²) >= 11 is 0. The summed E-state index contributed by atoms with van der Waals surface area (Å²) < 4.78 is 0. The van der Waals surface area contributed by atoms with E-state index in [1.54, 1.807) is 4.90 Å². The van der Waals surface area contributed by atoms with Crippen LogP contribution in [0.4, 0.5) is 4.79 Å². The monoisotopic (exact) mass is 326 g/mol. The Morgan fingerprint density at radius 2 is 1.79 bits per heavy atom. The second kappa shape index (κ2) is 6.91. The first-order valence-corrected chi connectivity index (χ1v) is 8.31. The van der Waals surface area contributed by atoms with Crippen LogP contribution < -0.4 is 5.32 Å². The lowest BCUT2D eigenvalue weighted by atomic mass is 9.97. The number of carbonyl (C=O) groups is 2. The summed E-state index contributed by atoms with van der Waals surface area (Å²) in [5.74, 6) is -1.09. The van der Waals surface area contributed by atoms with E-state index in [4.69, 9.17) is 5.11 Å². The summed E-state index contributed by atoms with van der Waals surface area (Å²) in [7, 11) is 0. The average molecular weight is 326 g/mol. The van der Waals surface area contributed by atoms with Crippen LogP contribution in [-0.4, -0.2) is 35.1 Å². The molecule has 0 saturated carbocycles. The van der Waals surface area contributed by atoms with Gasteiger partial charge >= 0.3 is 12.0 Å². The third-order valence-electron chi connectivity index (χ3n) is 4.74. The fourth-order valence-corrected chi connectivity index (χ4v) is 3.17. The topological polar surface area (TPSA) is 69.6 Å². The number of nitrogens with zero attached hydrogens (tertiary/aromatic N) is 1. The first kappa shape index (κ1) is 16.3. The van der Waals surface area contributed by atoms with Crippen LogP contribution in [0.15, 0.2) is 42.5 Å². The first-order chi connectivity index (χ1) is 11.5. The van der Waals surface area contributed by atoms with Gasteiger partial charge in [-0.2, -0.15) is 0 Å². The van der Waals surface area contributed by atoms with Gasteiger partial charge in [0.1, 0.15) is 0 Å². The molecule has 0 aliphatic carbocycles. The molecule has 1 fully saturated rings. The van der Waals surface area contributed by atoms with Gasteiger partial charge in [0.05, 0.1) is 12.0 Å². The Morgan fingerprint density at radius 1 is 1.12 bits per heavy atom. The molecule has 1 aliphatic heterocycles. The van der Waals surface area contributed by atoms with E-state index in [2.05, 4.69) is 29.6 Å². The number of hydrogen-bond acceptors (Lipinski definition) is 2. The number of rotatable bonds is 3. The minimum Gasteiger partial charge on any atom is -0.481 e. The minimum absolute atomic E-state index is 0.0979. The maximum Gasteiger partial charge on any atom is 0.317 e. The summed E-state index contributed by atoms with van der Waals surface area (Å²) in [6.45, 7) is 2.95. The van der Waals surface area contributed by atoms with Crippen LogP contribution in [0.3, 0.4) is 0 Å². The fourth-order valence-electron chi connectivity index (χ4n) is 3.17. The summed E-state index contributed by atoms with van der Waals surface area (Å²) in [4.78, 5) is 25.1. The van der Waals surface area contributed by atoms with Gasteiger partial charge in [-0.15, -0.1) is 0 Å². The Kier molecular flexibility index (Phi) is 4.69. The average Bonchev–Trinajstić information content (AvgIpc) is 2.61. The number of aliphatic carboxylic acids is 1. The molecule has 1 atom stereocenters. The maximum atomic E-state index is 12.4. The second-order valence-corrected chi connectivity index (χ2v) is 6.38. The van der Waals surface area contributed by atoms with Crippen molar-refractivity contribution in [1.82, 2.24) is 10.2 Å². The van der Waals surface area contributed by atoms with E-state index >= 15 is 0 Å². The Bertz CT molecular complexity index is 751. The van der Waals surface area contributed by atoms with E-state index in [1.165, 1.54) is 5.39 Å². The van der Waals surface area contributed by atoms with Crippen LogP contribution in [0.25, 0.3) is 10.8 Å². The van der Waals surface area contributed by atoms with Gasteiger partial charge in [0.2, 0.25) is 0 Å². The van der Waals surface area contributed by atoms with Gasteiger partial charge in [-0.25, -0.2) is 4.79 Å². The molecule has 0 spiro atoms. The number of likely N-dealkylation sites (tertiary alicyclic amines) is 1. The van der Waals surface area contributed by atoms with Crippen LogP contribution >= 0.6 is 0 Å². The summed E-state index contributed by atoms with van der Waals surface area (Å²) in [6, 6.07) is 14.1. The molecule has 1 heterocycles. The molecule has 24 heavy (non-hydrogen) atoms. The van der Waals surface area contributed by atoms with Crippen LogP contribution in [-0.2, 0) is 4.79 Å². The minimum atomic E-state index is -0.764. The lowest BCUT2D eigenvalue weighted by Gasteiger charge is -2.31. The number of carboxylic acid groups (broad SMARTS) is 1. The molecule has 126 valence electrons. The van der Waals surface area contributed by atoms with Gasteiger partial charge in [0.25, 0.3) is 0 Å². The van der Waals surface area contributed by atoms with Crippen molar-refractivity contribution in [3.63, 3.8) is 0 Å². The maximum absolute atomic E-state index is 12.4. The molecule has 0 radical (unpaired) electrons. The van der Waals surface area contributed by atoms with Crippen molar-refractivity contribution in [3.05, 3.63) is 48.0 Å². The van der Waals surface area contributed by atoms with Gasteiger partial charge in [0, 0.05) is 13.1 Å². The quantitative estimate of drug-likeness (QED) is 0.908. The third kappa shape index (κ3) is 3.50. The highest BCUT2D eigenvalue weighted by Gasteiger charge is 2.27. The molecule has 1 unspecified atom stereocenters. The molecule has 1 saturated heterocycles. The van der Waals surface area contributed by atoms with Gasteiger partial charge in [-0.3, -0.25) is 4.79 Å². The number of piperidine rings is 1. The van der Waals surface area contributed by atoms with Crippen LogP contribution in [0.5, 0.6) is 0 Å².